The first kappa shape index (κ1) is 19.1. The molecule has 4 rings (SSSR count). The maximum Gasteiger partial charge on any atom is 0.266 e. The number of amides is 2. The zero-order valence-corrected chi connectivity index (χ0v) is 16.0. The number of sulfonamides is 1. The topological polar surface area (TPSA) is 122 Å². The average molecular weight is 418 g/mol. The van der Waals surface area contributed by atoms with E-state index in [1.54, 1.807) is 18.2 Å². The minimum atomic E-state index is -4.25. The van der Waals surface area contributed by atoms with Crippen LogP contribution in [0, 0.1) is 5.92 Å². The summed E-state index contributed by atoms with van der Waals surface area (Å²) in [5.41, 5.74) is 0.755. The zero-order valence-electron chi connectivity index (χ0n) is 15.2. The number of phenolic OH excluding ortho intramolecular Hbond substituents is 1. The smallest absolute Gasteiger partial charge is 0.266 e. The fourth-order valence-corrected chi connectivity index (χ4v) is 4.66. The molecule has 1 saturated heterocycles. The molecular weight excluding hydrogens is 400 g/mol. The highest BCUT2D eigenvalue weighted by atomic mass is 32.2. The average Bonchev–Trinajstić information content (AvgIpc) is 3.11. The van der Waals surface area contributed by atoms with Gasteiger partial charge >= 0.3 is 0 Å². The molecule has 152 valence electrons. The van der Waals surface area contributed by atoms with Crippen molar-refractivity contribution in [3.05, 3.63) is 48.0 Å². The summed E-state index contributed by atoms with van der Waals surface area (Å²) in [4.78, 5) is 25.0. The Morgan fingerprint density at radius 2 is 1.79 bits per heavy atom. The van der Waals surface area contributed by atoms with Gasteiger partial charge in [-0.15, -0.1) is 0 Å². The molecule has 2 amide bonds. The van der Waals surface area contributed by atoms with Gasteiger partial charge < -0.3 is 19.9 Å². The van der Waals surface area contributed by atoms with Crippen LogP contribution < -0.4 is 14.8 Å². The SMILES string of the molecule is O=C1CN(S(=O)(=O)c2ccc(O)cc2)C(=O)C(Cc2ccc3c(c2)OCO3)CN1. The van der Waals surface area contributed by atoms with Gasteiger partial charge in [-0.2, -0.15) is 0 Å². The van der Waals surface area contributed by atoms with Crippen molar-refractivity contribution < 1.29 is 32.6 Å². The molecular formula is C19H18N2O7S. The molecule has 1 fully saturated rings. The predicted molar refractivity (Wildman–Crippen MR) is 99.8 cm³/mol. The van der Waals surface area contributed by atoms with Crippen molar-refractivity contribution in [2.24, 2.45) is 5.92 Å². The number of ether oxygens (including phenoxy) is 2. The fraction of sp³-hybridized carbons (Fsp3) is 0.263. The van der Waals surface area contributed by atoms with Crippen LogP contribution in [0.1, 0.15) is 5.56 Å². The van der Waals surface area contributed by atoms with Crippen LogP contribution in [0.3, 0.4) is 0 Å². The summed E-state index contributed by atoms with van der Waals surface area (Å²) in [6.07, 6.45) is 0.220. The van der Waals surface area contributed by atoms with E-state index >= 15 is 0 Å². The largest absolute Gasteiger partial charge is 0.508 e. The van der Waals surface area contributed by atoms with Crippen LogP contribution >= 0.6 is 0 Å². The molecule has 9 nitrogen and oxygen atoms in total. The van der Waals surface area contributed by atoms with E-state index in [2.05, 4.69) is 5.32 Å². The molecule has 1 atom stereocenters. The number of phenols is 1. The van der Waals surface area contributed by atoms with Gasteiger partial charge in [0.1, 0.15) is 12.3 Å². The minimum Gasteiger partial charge on any atom is -0.508 e. The lowest BCUT2D eigenvalue weighted by atomic mass is 9.98. The van der Waals surface area contributed by atoms with E-state index in [0.717, 1.165) is 5.56 Å². The molecule has 29 heavy (non-hydrogen) atoms. The molecule has 2 heterocycles. The van der Waals surface area contributed by atoms with E-state index in [4.69, 9.17) is 9.47 Å². The van der Waals surface area contributed by atoms with Gasteiger partial charge in [-0.25, -0.2) is 12.7 Å². The van der Waals surface area contributed by atoms with E-state index in [1.165, 1.54) is 24.3 Å². The van der Waals surface area contributed by atoms with E-state index in [0.29, 0.717) is 15.8 Å². The van der Waals surface area contributed by atoms with E-state index in [-0.39, 0.29) is 30.4 Å². The molecule has 2 aromatic rings. The van der Waals surface area contributed by atoms with Crippen LogP contribution in [-0.2, 0) is 26.0 Å². The third-order valence-electron chi connectivity index (χ3n) is 4.77. The molecule has 0 bridgehead atoms. The predicted octanol–water partition coefficient (Wildman–Crippen LogP) is 0.627. The van der Waals surface area contributed by atoms with Crippen molar-refractivity contribution >= 4 is 21.8 Å². The molecule has 0 aliphatic carbocycles. The third-order valence-corrected chi connectivity index (χ3v) is 6.53. The summed E-state index contributed by atoms with van der Waals surface area (Å²) in [5.74, 6) is -0.951. The van der Waals surface area contributed by atoms with Crippen LogP contribution in [0.4, 0.5) is 0 Å². The summed E-state index contributed by atoms with van der Waals surface area (Å²) in [6.45, 7) is -0.455. The summed E-state index contributed by atoms with van der Waals surface area (Å²) < 4.78 is 37.1. The number of benzene rings is 2. The Bertz CT molecular complexity index is 1070. The molecule has 0 radical (unpaired) electrons. The first-order valence-electron chi connectivity index (χ1n) is 8.85. The van der Waals surface area contributed by atoms with Gasteiger partial charge in [-0.1, -0.05) is 6.07 Å². The second-order valence-electron chi connectivity index (χ2n) is 6.74. The summed E-state index contributed by atoms with van der Waals surface area (Å²) in [7, 11) is -4.25. The maximum atomic E-state index is 13.1. The number of aromatic hydroxyl groups is 1. The van der Waals surface area contributed by atoms with Gasteiger partial charge in [0.15, 0.2) is 11.5 Å². The molecule has 0 aromatic heterocycles. The number of hydrogen-bond donors (Lipinski definition) is 2. The highest BCUT2D eigenvalue weighted by Crippen LogP contribution is 2.33. The number of fused-ring (bicyclic) bond motifs is 1. The number of nitrogens with zero attached hydrogens (tertiary/aromatic N) is 1. The van der Waals surface area contributed by atoms with Crippen molar-refractivity contribution in [2.45, 2.75) is 11.3 Å². The first-order chi connectivity index (χ1) is 13.8. The van der Waals surface area contributed by atoms with Gasteiger partial charge in [-0.3, -0.25) is 9.59 Å². The van der Waals surface area contributed by atoms with Crippen LogP contribution in [0.5, 0.6) is 17.2 Å². The number of rotatable bonds is 4. The molecule has 2 aromatic carbocycles. The highest BCUT2D eigenvalue weighted by Gasteiger charge is 2.38. The van der Waals surface area contributed by atoms with Crippen LogP contribution in [0.2, 0.25) is 0 Å². The Hall–Kier alpha value is -3.27. The molecule has 0 saturated carbocycles. The molecule has 2 aliphatic heterocycles. The lowest BCUT2D eigenvalue weighted by Crippen LogP contribution is -2.42. The lowest BCUT2D eigenvalue weighted by molar-refractivity contribution is -0.131. The van der Waals surface area contributed by atoms with Gasteiger partial charge in [0.2, 0.25) is 18.6 Å². The Balaban J connectivity index is 1.62. The molecule has 2 N–H and O–H groups in total. The highest BCUT2D eigenvalue weighted by molar-refractivity contribution is 7.89. The number of hydrogen-bond acceptors (Lipinski definition) is 7. The zero-order chi connectivity index (χ0) is 20.6. The first-order valence-corrected chi connectivity index (χ1v) is 10.3. The normalized spacial score (nSPS) is 19.0. The fourth-order valence-electron chi connectivity index (χ4n) is 3.25. The van der Waals surface area contributed by atoms with Crippen LogP contribution in [-0.4, -0.2) is 49.5 Å². The molecule has 0 spiro atoms. The van der Waals surface area contributed by atoms with E-state index in [9.17, 15) is 23.1 Å². The monoisotopic (exact) mass is 418 g/mol. The standard InChI is InChI=1S/C19H18N2O7S/c22-14-2-4-15(5-3-14)29(25,26)21-10-18(23)20-9-13(19(21)24)7-12-1-6-16-17(8-12)28-11-27-16/h1-6,8,13,22H,7,9-11H2,(H,20,23). The minimum absolute atomic E-state index is 0.0215. The van der Waals surface area contributed by atoms with E-state index in [1.807, 2.05) is 0 Å². The number of carbonyl (C=O) groups is 2. The maximum absolute atomic E-state index is 13.1. The third kappa shape index (κ3) is 3.70. The van der Waals surface area contributed by atoms with Crippen molar-refractivity contribution in [3.8, 4) is 17.2 Å². The summed E-state index contributed by atoms with van der Waals surface area (Å²) >= 11 is 0. The quantitative estimate of drug-likeness (QED) is 0.747. The molecule has 1 unspecified atom stereocenters. The Kier molecular flexibility index (Phi) is 4.79. The van der Waals surface area contributed by atoms with Crippen molar-refractivity contribution in [1.82, 2.24) is 9.62 Å². The number of nitrogens with one attached hydrogen (secondary N) is 1. The molecule has 10 heteroatoms. The Labute approximate surface area is 166 Å². The Morgan fingerprint density at radius 1 is 1.07 bits per heavy atom. The summed E-state index contributed by atoms with van der Waals surface area (Å²) in [6, 6.07) is 10.0. The van der Waals surface area contributed by atoms with Gasteiger partial charge in [0.25, 0.3) is 10.0 Å². The van der Waals surface area contributed by atoms with E-state index < -0.39 is 34.3 Å². The summed E-state index contributed by atoms with van der Waals surface area (Å²) in [5, 5.41) is 12.0. The molecule has 2 aliphatic rings. The van der Waals surface area contributed by atoms with Crippen molar-refractivity contribution in [2.75, 3.05) is 19.9 Å². The van der Waals surface area contributed by atoms with Gasteiger partial charge in [0.05, 0.1) is 10.8 Å². The second-order valence-corrected chi connectivity index (χ2v) is 8.60. The van der Waals surface area contributed by atoms with Gasteiger partial charge in [0, 0.05) is 6.54 Å². The lowest BCUT2D eigenvalue weighted by Gasteiger charge is -2.23. The van der Waals surface area contributed by atoms with Crippen molar-refractivity contribution in [1.29, 1.82) is 0 Å². The second kappa shape index (κ2) is 7.28. The van der Waals surface area contributed by atoms with Crippen molar-refractivity contribution in [3.63, 3.8) is 0 Å². The van der Waals surface area contributed by atoms with Crippen LogP contribution in [0.15, 0.2) is 47.4 Å². The van der Waals surface area contributed by atoms with Crippen LogP contribution in [0.25, 0.3) is 0 Å². The van der Waals surface area contributed by atoms with Gasteiger partial charge in [-0.05, 0) is 48.4 Å². The Morgan fingerprint density at radius 3 is 2.55 bits per heavy atom. The number of carbonyl (C=O) groups excluding carboxylic acids is 2.